The number of halogens is 3. The largest absolute Gasteiger partial charge is 0.342 e. The van der Waals surface area contributed by atoms with Gasteiger partial charge in [0.15, 0.2) is 0 Å². The molecule has 0 N–H and O–H groups in total. The Bertz CT molecular complexity index is 936. The van der Waals surface area contributed by atoms with E-state index in [9.17, 15) is 8.78 Å². The van der Waals surface area contributed by atoms with Crippen LogP contribution in [0.2, 0.25) is 5.02 Å². The predicted octanol–water partition coefficient (Wildman–Crippen LogP) is 2.67. The first-order chi connectivity index (χ1) is 11.1. The van der Waals surface area contributed by atoms with Gasteiger partial charge in [-0.15, -0.1) is 10.2 Å². The van der Waals surface area contributed by atoms with Crippen LogP contribution >= 0.6 is 11.6 Å². The molecule has 114 valence electrons. The number of aromatic nitrogens is 4. The average Bonchev–Trinajstić information content (AvgIpc) is 2.91. The lowest BCUT2D eigenvalue weighted by Gasteiger charge is -2.20. The smallest absolute Gasteiger partial charge is 0.283 e. The van der Waals surface area contributed by atoms with Gasteiger partial charge in [-0.3, -0.25) is 4.57 Å². The molecular formula is C16H10ClF2N4+. The molecule has 1 aromatic carbocycles. The molecule has 0 amide bonds. The van der Waals surface area contributed by atoms with Crippen molar-refractivity contribution >= 4 is 11.6 Å². The van der Waals surface area contributed by atoms with Crippen molar-refractivity contribution in [2.45, 2.75) is 19.8 Å². The van der Waals surface area contributed by atoms with Crippen molar-refractivity contribution in [3.05, 3.63) is 58.4 Å². The Morgan fingerprint density at radius 1 is 1.22 bits per heavy atom. The van der Waals surface area contributed by atoms with Crippen LogP contribution in [0.4, 0.5) is 8.78 Å². The maximum Gasteiger partial charge on any atom is 0.342 e. The number of rotatable bonds is 1. The summed E-state index contributed by atoms with van der Waals surface area (Å²) in [7, 11) is 0. The number of hydrogen-bond donors (Lipinski definition) is 0. The summed E-state index contributed by atoms with van der Waals surface area (Å²) in [6, 6.07) is 3.07. The lowest BCUT2D eigenvalue weighted by atomic mass is 9.97. The van der Waals surface area contributed by atoms with Crippen LogP contribution in [0, 0.1) is 24.8 Å². The molecule has 0 unspecified atom stereocenters. The zero-order valence-corrected chi connectivity index (χ0v) is 12.8. The standard InChI is InChI=1S/C16H10ClF2N4/c1-8-21-22-15-3-2-9-4-10(12(18)5-14(9)23(8)15)11-6-20-7-13(19)16(11)17/h4-5,7H,2-3H2,1H3/q+1. The molecule has 0 radical (unpaired) electrons. The van der Waals surface area contributed by atoms with E-state index in [1.54, 1.807) is 6.07 Å². The van der Waals surface area contributed by atoms with Crippen molar-refractivity contribution < 1.29 is 13.8 Å². The molecule has 3 aromatic rings. The first-order valence-electron chi connectivity index (χ1n) is 7.02. The van der Waals surface area contributed by atoms with Crippen LogP contribution < -0.4 is 4.98 Å². The van der Waals surface area contributed by atoms with E-state index >= 15 is 0 Å². The van der Waals surface area contributed by atoms with E-state index in [4.69, 9.17) is 11.6 Å². The Morgan fingerprint density at radius 2 is 2.04 bits per heavy atom. The zero-order chi connectivity index (χ0) is 16.1. The van der Waals surface area contributed by atoms with Crippen molar-refractivity contribution in [1.82, 2.24) is 14.8 Å². The van der Waals surface area contributed by atoms with E-state index in [0.717, 1.165) is 17.6 Å². The third kappa shape index (κ3) is 2.08. The molecule has 4 rings (SSSR count). The summed E-state index contributed by atoms with van der Waals surface area (Å²) in [5.74, 6) is 0.286. The Labute approximate surface area is 135 Å². The van der Waals surface area contributed by atoms with Gasteiger partial charge in [0, 0.05) is 12.0 Å². The summed E-state index contributed by atoms with van der Waals surface area (Å²) in [4.78, 5) is 3.64. The van der Waals surface area contributed by atoms with Crippen LogP contribution in [-0.4, -0.2) is 14.8 Å². The fourth-order valence-electron chi connectivity index (χ4n) is 2.89. The maximum absolute atomic E-state index is 14.6. The summed E-state index contributed by atoms with van der Waals surface area (Å²) < 4.78 is 30.0. The molecule has 0 bridgehead atoms. The fraction of sp³-hybridized carbons (Fsp3) is 0.188. The van der Waals surface area contributed by atoms with Crippen molar-refractivity contribution in [1.29, 1.82) is 0 Å². The number of fused-ring (bicyclic) bond motifs is 3. The lowest BCUT2D eigenvalue weighted by Crippen LogP contribution is -2.14. The Kier molecular flexibility index (Phi) is 3.06. The van der Waals surface area contributed by atoms with Gasteiger partial charge >= 0.3 is 12.4 Å². The van der Waals surface area contributed by atoms with Crippen molar-refractivity contribution in [2.75, 3.05) is 0 Å². The first-order valence-corrected chi connectivity index (χ1v) is 7.40. The van der Waals surface area contributed by atoms with Gasteiger partial charge in [-0.25, -0.2) is 4.39 Å². The molecule has 0 aliphatic carbocycles. The summed E-state index contributed by atoms with van der Waals surface area (Å²) in [5.41, 5.74) is 1.94. The van der Waals surface area contributed by atoms with Crippen LogP contribution in [0.5, 0.6) is 0 Å². The highest BCUT2D eigenvalue weighted by Crippen LogP contribution is 2.34. The van der Waals surface area contributed by atoms with E-state index < -0.39 is 11.6 Å². The summed E-state index contributed by atoms with van der Waals surface area (Å²) >= 11 is 5.93. The molecule has 0 fully saturated rings. The van der Waals surface area contributed by atoms with Gasteiger partial charge in [0.2, 0.25) is 5.82 Å². The number of aryl methyl sites for hydroxylation is 3. The minimum absolute atomic E-state index is 0.123. The molecule has 3 heterocycles. The van der Waals surface area contributed by atoms with Crippen LogP contribution in [0.15, 0.2) is 18.3 Å². The molecule has 4 nitrogen and oxygen atoms in total. The minimum atomic E-state index is -0.700. The summed E-state index contributed by atoms with van der Waals surface area (Å²) in [5, 5.41) is 7.95. The van der Waals surface area contributed by atoms with Crippen molar-refractivity contribution in [3.8, 4) is 16.8 Å². The van der Waals surface area contributed by atoms with Gasteiger partial charge in [-0.1, -0.05) is 11.6 Å². The second-order valence-corrected chi connectivity index (χ2v) is 5.74. The predicted molar refractivity (Wildman–Crippen MR) is 78.3 cm³/mol. The Balaban J connectivity index is 1.94. The minimum Gasteiger partial charge on any atom is -0.283 e. The quantitative estimate of drug-likeness (QED) is 0.688. The van der Waals surface area contributed by atoms with Gasteiger partial charge < -0.3 is 0 Å². The highest BCUT2D eigenvalue weighted by molar-refractivity contribution is 6.33. The normalized spacial score (nSPS) is 12.5. The second-order valence-electron chi connectivity index (χ2n) is 5.37. The topological polar surface area (TPSA) is 44.8 Å². The van der Waals surface area contributed by atoms with Crippen LogP contribution in [0.3, 0.4) is 0 Å². The Morgan fingerprint density at radius 3 is 2.87 bits per heavy atom. The van der Waals surface area contributed by atoms with Gasteiger partial charge in [0.1, 0.15) is 28.1 Å². The molecule has 0 saturated heterocycles. The van der Waals surface area contributed by atoms with Crippen LogP contribution in [-0.2, 0) is 12.8 Å². The second kappa shape index (κ2) is 5.00. The molecule has 1 aliphatic rings. The van der Waals surface area contributed by atoms with Gasteiger partial charge in [0.05, 0.1) is 5.69 Å². The highest BCUT2D eigenvalue weighted by atomic mass is 35.5. The highest BCUT2D eigenvalue weighted by Gasteiger charge is 2.24. The Hall–Kier alpha value is -2.52. The number of benzene rings is 1. The molecule has 1 aliphatic heterocycles. The van der Waals surface area contributed by atoms with Crippen molar-refractivity contribution in [2.24, 2.45) is 0 Å². The lowest BCUT2D eigenvalue weighted by molar-refractivity contribution is -0.296. The zero-order valence-electron chi connectivity index (χ0n) is 12.1. The average molecular weight is 332 g/mol. The monoisotopic (exact) mass is 331 g/mol. The van der Waals surface area contributed by atoms with E-state index in [0.29, 0.717) is 24.4 Å². The third-order valence-corrected chi connectivity index (χ3v) is 4.34. The van der Waals surface area contributed by atoms with E-state index in [2.05, 4.69) is 21.4 Å². The number of nitrogens with zero attached hydrogens (tertiary/aromatic N) is 4. The molecule has 0 saturated carbocycles. The maximum atomic E-state index is 14.6. The summed E-state index contributed by atoms with van der Waals surface area (Å²) in [6.45, 7) is 1.82. The third-order valence-electron chi connectivity index (χ3n) is 3.97. The van der Waals surface area contributed by atoms with Crippen LogP contribution in [0.25, 0.3) is 16.8 Å². The molecular weight excluding hydrogens is 322 g/mol. The first kappa shape index (κ1) is 14.1. The summed E-state index contributed by atoms with van der Waals surface area (Å²) in [6.07, 6.45) is 4.93. The van der Waals surface area contributed by atoms with E-state index in [1.807, 2.05) is 11.5 Å². The molecule has 0 spiro atoms. The number of hydrogen-bond acceptors (Lipinski definition) is 2. The van der Waals surface area contributed by atoms with Crippen LogP contribution in [0.1, 0.15) is 17.2 Å². The van der Waals surface area contributed by atoms with Crippen molar-refractivity contribution in [3.63, 3.8) is 0 Å². The fourth-order valence-corrected chi connectivity index (χ4v) is 3.09. The van der Waals surface area contributed by atoms with Gasteiger partial charge in [-0.05, 0) is 36.0 Å². The molecule has 7 heteroatoms. The van der Waals surface area contributed by atoms with E-state index in [-0.39, 0.29) is 16.1 Å². The molecule has 23 heavy (non-hydrogen) atoms. The molecule has 0 atom stereocenters. The SMILES string of the molecule is Cc1nnc2n1-c1cc(F)c(-c3c#[n+]cc(F)c3Cl)cc1CC2. The molecule has 2 aromatic heterocycles. The van der Waals surface area contributed by atoms with E-state index in [1.165, 1.54) is 6.07 Å². The van der Waals surface area contributed by atoms with Gasteiger partial charge in [-0.2, -0.15) is 4.39 Å². The van der Waals surface area contributed by atoms with Gasteiger partial charge in [0.25, 0.3) is 0 Å².